The van der Waals surface area contributed by atoms with Gasteiger partial charge in [-0.2, -0.15) is 0 Å². The Bertz CT molecular complexity index is 1080. The summed E-state index contributed by atoms with van der Waals surface area (Å²) in [6, 6.07) is 15.6. The molecule has 2 aromatic carbocycles. The minimum atomic E-state index is -0.215. The number of aliphatic imine (C=N–C) groups is 1. The van der Waals surface area contributed by atoms with Crippen molar-refractivity contribution in [1.29, 1.82) is 0 Å². The maximum absolute atomic E-state index is 12.0. The van der Waals surface area contributed by atoms with Crippen molar-refractivity contribution in [2.24, 2.45) is 4.99 Å². The second kappa shape index (κ2) is 6.12. The van der Waals surface area contributed by atoms with Crippen molar-refractivity contribution in [3.63, 3.8) is 0 Å². The summed E-state index contributed by atoms with van der Waals surface area (Å²) < 4.78 is 1.95. The van der Waals surface area contributed by atoms with E-state index in [1.807, 2.05) is 60.0 Å². The number of nitrogens with zero attached hydrogens (tertiary/aromatic N) is 3. The number of Topliss-reactive ketones (excluding diaryl/α,β-unsaturated/α-hetero) is 1. The molecule has 0 bridgehead atoms. The highest BCUT2D eigenvalue weighted by atomic mass is 16.1. The van der Waals surface area contributed by atoms with Gasteiger partial charge in [0.2, 0.25) is 0 Å². The molecule has 0 aliphatic carbocycles. The molecule has 3 aromatic rings. The number of imidazole rings is 1. The van der Waals surface area contributed by atoms with Crippen LogP contribution in [0.5, 0.6) is 0 Å². The first-order valence-electron chi connectivity index (χ1n) is 8.43. The van der Waals surface area contributed by atoms with Crippen molar-refractivity contribution in [1.82, 2.24) is 9.55 Å². The van der Waals surface area contributed by atoms with Crippen LogP contribution in [-0.2, 0) is 0 Å². The summed E-state index contributed by atoms with van der Waals surface area (Å²) in [5, 5.41) is 0. The Morgan fingerprint density at radius 3 is 2.65 bits per heavy atom. The number of carbonyl (C=O) groups is 1. The Morgan fingerprint density at radius 1 is 1.19 bits per heavy atom. The molecular formula is C22H17N3O. The van der Waals surface area contributed by atoms with Gasteiger partial charge in [-0.1, -0.05) is 36.3 Å². The summed E-state index contributed by atoms with van der Waals surface area (Å²) in [5.41, 5.74) is 5.79. The van der Waals surface area contributed by atoms with Gasteiger partial charge in [-0.15, -0.1) is 6.42 Å². The summed E-state index contributed by atoms with van der Waals surface area (Å²) in [7, 11) is 0. The van der Waals surface area contributed by atoms with E-state index in [0.29, 0.717) is 5.69 Å². The van der Waals surface area contributed by atoms with Crippen LogP contribution >= 0.6 is 0 Å². The monoisotopic (exact) mass is 339 g/mol. The topological polar surface area (TPSA) is 47.2 Å². The molecule has 4 rings (SSSR count). The Hall–Kier alpha value is -3.45. The van der Waals surface area contributed by atoms with E-state index >= 15 is 0 Å². The number of terminal acetylenes is 1. The lowest BCUT2D eigenvalue weighted by molar-refractivity contribution is 0.101. The Labute approximate surface area is 152 Å². The van der Waals surface area contributed by atoms with E-state index in [0.717, 1.165) is 33.8 Å². The average molecular weight is 339 g/mol. The molecule has 4 nitrogen and oxygen atoms in total. The molecule has 1 atom stereocenters. The van der Waals surface area contributed by atoms with Crippen molar-refractivity contribution >= 4 is 11.5 Å². The minimum Gasteiger partial charge on any atom is -0.300 e. The smallest absolute Gasteiger partial charge is 0.180 e. The van der Waals surface area contributed by atoms with Gasteiger partial charge >= 0.3 is 0 Å². The summed E-state index contributed by atoms with van der Waals surface area (Å²) in [6.45, 7) is 3.52. The predicted octanol–water partition coefficient (Wildman–Crippen LogP) is 3.97. The summed E-state index contributed by atoms with van der Waals surface area (Å²) in [5.74, 6) is 2.63. The van der Waals surface area contributed by atoms with Crippen LogP contribution in [-0.4, -0.2) is 21.0 Å². The van der Waals surface area contributed by atoms with Crippen LogP contribution in [0.1, 0.15) is 52.8 Å². The predicted molar refractivity (Wildman–Crippen MR) is 102 cm³/mol. The lowest BCUT2D eigenvalue weighted by Crippen LogP contribution is -2.07. The van der Waals surface area contributed by atoms with Crippen LogP contribution < -0.4 is 0 Å². The van der Waals surface area contributed by atoms with Gasteiger partial charge in [0, 0.05) is 23.6 Å². The maximum Gasteiger partial charge on any atom is 0.180 e. The molecule has 0 fully saturated rings. The second-order valence-electron chi connectivity index (χ2n) is 6.30. The van der Waals surface area contributed by atoms with Crippen molar-refractivity contribution in [2.45, 2.75) is 19.9 Å². The van der Waals surface area contributed by atoms with Crippen molar-refractivity contribution in [2.75, 3.05) is 0 Å². The van der Waals surface area contributed by atoms with Gasteiger partial charge < -0.3 is 0 Å². The highest BCUT2D eigenvalue weighted by Crippen LogP contribution is 2.32. The molecule has 26 heavy (non-hydrogen) atoms. The molecule has 1 aromatic heterocycles. The summed E-state index contributed by atoms with van der Waals surface area (Å²) >= 11 is 0. The van der Waals surface area contributed by atoms with E-state index in [1.54, 1.807) is 6.33 Å². The fourth-order valence-corrected chi connectivity index (χ4v) is 3.40. The maximum atomic E-state index is 12.0. The van der Waals surface area contributed by atoms with Gasteiger partial charge in [-0.3, -0.25) is 14.4 Å². The van der Waals surface area contributed by atoms with Crippen molar-refractivity contribution in [3.8, 4) is 18.0 Å². The van der Waals surface area contributed by atoms with Gasteiger partial charge in [-0.05, 0) is 25.1 Å². The van der Waals surface area contributed by atoms with Crippen LogP contribution in [0.25, 0.3) is 5.69 Å². The van der Waals surface area contributed by atoms with Crippen LogP contribution in [0.4, 0.5) is 0 Å². The van der Waals surface area contributed by atoms with E-state index in [4.69, 9.17) is 11.4 Å². The Balaban J connectivity index is 2.06. The second-order valence-corrected chi connectivity index (χ2v) is 6.30. The Morgan fingerprint density at radius 2 is 1.96 bits per heavy atom. The third kappa shape index (κ3) is 2.46. The molecule has 0 saturated heterocycles. The van der Waals surface area contributed by atoms with E-state index in [2.05, 4.69) is 10.9 Å². The Kier molecular flexibility index (Phi) is 3.78. The number of fused-ring (bicyclic) bond motifs is 3. The quantitative estimate of drug-likeness (QED) is 0.524. The summed E-state index contributed by atoms with van der Waals surface area (Å²) in [4.78, 5) is 21.3. The number of ketones is 1. The minimum absolute atomic E-state index is 0.0641. The molecule has 0 radical (unpaired) electrons. The lowest BCUT2D eigenvalue weighted by atomic mass is 9.98. The zero-order valence-electron chi connectivity index (χ0n) is 14.6. The zero-order valence-corrected chi connectivity index (χ0v) is 14.6. The van der Waals surface area contributed by atoms with Gasteiger partial charge in [-0.25, -0.2) is 4.98 Å². The van der Waals surface area contributed by atoms with Crippen molar-refractivity contribution < 1.29 is 4.79 Å². The molecule has 0 N–H and O–H groups in total. The molecule has 126 valence electrons. The highest BCUT2D eigenvalue weighted by Gasteiger charge is 2.27. The van der Waals surface area contributed by atoms with E-state index in [9.17, 15) is 4.79 Å². The molecule has 4 heteroatoms. The normalized spacial score (nSPS) is 15.3. The molecule has 1 aliphatic heterocycles. The fourth-order valence-electron chi connectivity index (χ4n) is 3.40. The molecule has 2 heterocycles. The highest BCUT2D eigenvalue weighted by molar-refractivity contribution is 6.15. The van der Waals surface area contributed by atoms with E-state index in [-0.39, 0.29) is 11.8 Å². The number of hydrogen-bond donors (Lipinski definition) is 0. The molecule has 0 spiro atoms. The number of hydrogen-bond acceptors (Lipinski definition) is 3. The number of benzene rings is 2. The molecule has 1 aliphatic rings. The van der Waals surface area contributed by atoms with E-state index < -0.39 is 0 Å². The summed E-state index contributed by atoms with van der Waals surface area (Å²) in [6.07, 6.45) is 7.31. The lowest BCUT2D eigenvalue weighted by Gasteiger charge is -2.12. The molecule has 0 saturated carbocycles. The SMILES string of the molecule is C#Cc1ccc2c(c1)C(c1ccccc1)=N[C@@H](C)c1c(C(C)=O)ncn1-2. The zero-order chi connectivity index (χ0) is 18.3. The number of rotatable bonds is 2. The van der Waals surface area contributed by atoms with Crippen molar-refractivity contribution in [3.05, 3.63) is 82.9 Å². The molecular weight excluding hydrogens is 322 g/mol. The fraction of sp³-hybridized carbons (Fsp3) is 0.136. The number of carbonyl (C=O) groups excluding carboxylic acids is 1. The number of aromatic nitrogens is 2. The van der Waals surface area contributed by atoms with Crippen LogP contribution in [0.3, 0.4) is 0 Å². The van der Waals surface area contributed by atoms with Gasteiger partial charge in [0.15, 0.2) is 5.78 Å². The first kappa shape index (κ1) is 16.0. The van der Waals surface area contributed by atoms with E-state index in [1.165, 1.54) is 6.92 Å². The first-order valence-corrected chi connectivity index (χ1v) is 8.43. The van der Waals surface area contributed by atoms with Crippen LogP contribution in [0.2, 0.25) is 0 Å². The first-order chi connectivity index (χ1) is 12.6. The van der Waals surface area contributed by atoms with Gasteiger partial charge in [0.05, 0.1) is 23.1 Å². The molecule has 0 amide bonds. The van der Waals surface area contributed by atoms with Gasteiger partial charge in [0.25, 0.3) is 0 Å². The largest absolute Gasteiger partial charge is 0.300 e. The molecule has 0 unspecified atom stereocenters. The standard InChI is InChI=1S/C22H17N3O/c1-4-16-10-11-19-18(12-16)21(17-8-6-5-7-9-17)24-14(2)22-20(15(3)26)23-13-25(19)22/h1,5-14H,2-3H3/t14-/m0/s1. The van der Waals surface area contributed by atoms with Crippen LogP contribution in [0.15, 0.2) is 59.9 Å². The average Bonchev–Trinajstić information content (AvgIpc) is 3.07. The van der Waals surface area contributed by atoms with Crippen LogP contribution in [0, 0.1) is 12.3 Å². The van der Waals surface area contributed by atoms with Gasteiger partial charge in [0.1, 0.15) is 12.0 Å². The third-order valence-electron chi connectivity index (χ3n) is 4.58. The third-order valence-corrected chi connectivity index (χ3v) is 4.58.